The Kier molecular flexibility index (Phi) is 6.94. The maximum absolute atomic E-state index is 14.3. The van der Waals surface area contributed by atoms with Gasteiger partial charge in [-0.1, -0.05) is 12.1 Å². The normalized spacial score (nSPS) is 14.8. The van der Waals surface area contributed by atoms with E-state index in [-0.39, 0.29) is 30.4 Å². The number of methoxy groups -OCH3 is 1. The van der Waals surface area contributed by atoms with Gasteiger partial charge in [0.2, 0.25) is 0 Å². The van der Waals surface area contributed by atoms with Crippen LogP contribution in [0.15, 0.2) is 54.6 Å². The second kappa shape index (κ2) is 10.2. The van der Waals surface area contributed by atoms with Crippen molar-refractivity contribution in [3.63, 3.8) is 0 Å². The third kappa shape index (κ3) is 4.78. The molecule has 1 aliphatic rings. The van der Waals surface area contributed by atoms with Gasteiger partial charge in [-0.2, -0.15) is 13.2 Å². The molecule has 0 fully saturated rings. The summed E-state index contributed by atoms with van der Waals surface area (Å²) in [4.78, 5) is 20.4. The van der Waals surface area contributed by atoms with E-state index in [0.29, 0.717) is 40.5 Å². The highest BCUT2D eigenvalue weighted by Crippen LogP contribution is 2.41. The minimum atomic E-state index is -4.52. The molecule has 0 saturated heterocycles. The number of carbonyl (C=O) groups excluding carboxylic acids is 1. The van der Waals surface area contributed by atoms with Crippen molar-refractivity contribution in [3.8, 4) is 22.9 Å². The molecule has 2 aromatic heterocycles. The number of rotatable bonds is 7. The molecule has 1 amide bonds. The summed E-state index contributed by atoms with van der Waals surface area (Å²) in [6, 6.07) is 12.4. The summed E-state index contributed by atoms with van der Waals surface area (Å²) >= 11 is 0. The van der Waals surface area contributed by atoms with Crippen LogP contribution in [0.5, 0.6) is 11.6 Å². The molecule has 2 aromatic carbocycles. The molecule has 204 valence electrons. The Hall–Kier alpha value is -4.12. The molecule has 3 heterocycles. The fourth-order valence-electron chi connectivity index (χ4n) is 4.82. The van der Waals surface area contributed by atoms with Crippen LogP contribution >= 0.6 is 0 Å². The van der Waals surface area contributed by atoms with Crippen LogP contribution in [0.1, 0.15) is 33.2 Å². The van der Waals surface area contributed by atoms with E-state index in [4.69, 9.17) is 9.47 Å². The molecule has 7 nitrogen and oxygen atoms in total. The van der Waals surface area contributed by atoms with Gasteiger partial charge in [0.25, 0.3) is 5.91 Å². The molecule has 0 radical (unpaired) electrons. The molecule has 1 aliphatic heterocycles. The van der Waals surface area contributed by atoms with Crippen LogP contribution in [0.4, 0.5) is 17.6 Å². The molecule has 0 saturated carbocycles. The molecule has 0 aliphatic carbocycles. The highest BCUT2D eigenvalue weighted by atomic mass is 19.4. The van der Waals surface area contributed by atoms with Gasteiger partial charge >= 0.3 is 6.18 Å². The second-order valence-electron chi connectivity index (χ2n) is 9.21. The Balaban J connectivity index is 1.65. The number of amides is 1. The van der Waals surface area contributed by atoms with Crippen molar-refractivity contribution in [2.45, 2.75) is 19.1 Å². The van der Waals surface area contributed by atoms with Gasteiger partial charge in [-0.05, 0) is 62.0 Å². The zero-order valence-electron chi connectivity index (χ0n) is 21.5. The van der Waals surface area contributed by atoms with Crippen LogP contribution in [0.3, 0.4) is 0 Å². The molecule has 1 N–H and O–H groups in total. The summed E-state index contributed by atoms with van der Waals surface area (Å²) in [5.74, 6) is -0.328. The number of pyridine rings is 1. The Morgan fingerprint density at radius 2 is 2.00 bits per heavy atom. The smallest absolute Gasteiger partial charge is 0.416 e. The lowest BCUT2D eigenvalue weighted by atomic mass is 10.0. The quantitative estimate of drug-likeness (QED) is 0.322. The number of likely N-dealkylation sites (N-methyl/N-ethyl adjacent to an activating group) is 1. The molecule has 0 spiro atoms. The number of carbonyl (C=O) groups is 1. The molecular formula is C28H26F4N4O3. The van der Waals surface area contributed by atoms with Gasteiger partial charge < -0.3 is 19.7 Å². The molecule has 1 atom stereocenters. The van der Waals surface area contributed by atoms with Crippen molar-refractivity contribution in [2.75, 3.05) is 33.9 Å². The van der Waals surface area contributed by atoms with Crippen molar-refractivity contribution < 1.29 is 31.8 Å². The Morgan fingerprint density at radius 3 is 2.69 bits per heavy atom. The monoisotopic (exact) mass is 542 g/mol. The van der Waals surface area contributed by atoms with Crippen molar-refractivity contribution in [1.82, 2.24) is 19.6 Å². The number of hydrogen-bond acceptors (Lipinski definition) is 5. The molecule has 1 unspecified atom stereocenters. The lowest BCUT2D eigenvalue weighted by Crippen LogP contribution is -2.40. The van der Waals surface area contributed by atoms with E-state index in [9.17, 15) is 22.4 Å². The third-order valence-corrected chi connectivity index (χ3v) is 6.79. The van der Waals surface area contributed by atoms with Crippen LogP contribution in [0.2, 0.25) is 0 Å². The number of nitrogens with zero attached hydrogens (tertiary/aromatic N) is 3. The number of alkyl halides is 3. The first-order valence-electron chi connectivity index (χ1n) is 12.3. The molecular weight excluding hydrogens is 516 g/mol. The van der Waals surface area contributed by atoms with Gasteiger partial charge in [-0.25, -0.2) is 9.37 Å². The number of aromatic nitrogens is 2. The number of nitrogens with one attached hydrogen (secondary N) is 1. The third-order valence-electron chi connectivity index (χ3n) is 6.79. The number of imidazole rings is 1. The minimum absolute atomic E-state index is 0.00617. The number of hydrogen-bond donors (Lipinski definition) is 1. The summed E-state index contributed by atoms with van der Waals surface area (Å²) in [7, 11) is 3.23. The lowest BCUT2D eigenvalue weighted by Gasteiger charge is -2.28. The molecule has 5 rings (SSSR count). The van der Waals surface area contributed by atoms with E-state index in [2.05, 4.69) is 10.3 Å². The fourth-order valence-corrected chi connectivity index (χ4v) is 4.82. The summed E-state index contributed by atoms with van der Waals surface area (Å²) in [6.07, 6.45) is -4.52. The number of benzene rings is 2. The first-order chi connectivity index (χ1) is 18.6. The molecule has 4 aromatic rings. The largest absolute Gasteiger partial charge is 0.491 e. The Labute approximate surface area is 222 Å². The Morgan fingerprint density at radius 1 is 1.21 bits per heavy atom. The summed E-state index contributed by atoms with van der Waals surface area (Å²) in [5, 5.41) is 3.02. The van der Waals surface area contributed by atoms with Gasteiger partial charge in [-0.15, -0.1) is 0 Å². The maximum Gasteiger partial charge on any atom is 0.416 e. The van der Waals surface area contributed by atoms with Crippen LogP contribution in [-0.4, -0.2) is 54.0 Å². The summed E-state index contributed by atoms with van der Waals surface area (Å²) in [5.41, 5.74) is 1.56. The lowest BCUT2D eigenvalue weighted by molar-refractivity contribution is -0.137. The highest BCUT2D eigenvalue weighted by molar-refractivity contribution is 6.00. The number of fused-ring (bicyclic) bond motifs is 2. The first kappa shape index (κ1) is 26.5. The van der Waals surface area contributed by atoms with E-state index in [1.54, 1.807) is 53.6 Å². The van der Waals surface area contributed by atoms with Crippen LogP contribution in [0, 0.1) is 12.7 Å². The topological polar surface area (TPSA) is 68.1 Å². The zero-order valence-corrected chi connectivity index (χ0v) is 21.5. The van der Waals surface area contributed by atoms with Crippen molar-refractivity contribution in [1.29, 1.82) is 0 Å². The van der Waals surface area contributed by atoms with Gasteiger partial charge in [-0.3, -0.25) is 9.20 Å². The number of aryl methyl sites for hydroxylation is 1. The van der Waals surface area contributed by atoms with Gasteiger partial charge in [0.1, 0.15) is 23.8 Å². The van der Waals surface area contributed by atoms with E-state index in [0.717, 1.165) is 12.1 Å². The number of halogens is 4. The van der Waals surface area contributed by atoms with E-state index < -0.39 is 23.7 Å². The van der Waals surface area contributed by atoms with Gasteiger partial charge in [0.05, 0.1) is 24.4 Å². The zero-order chi connectivity index (χ0) is 27.9. The molecule has 0 bridgehead atoms. The SMILES string of the molecule is CNCCN(C(=O)c1nc2cccc(OC)n2c1-c1ccc(F)c(C)c1)C1COc2cc(C(F)(F)F)ccc21. The predicted octanol–water partition coefficient (Wildman–Crippen LogP) is 5.27. The Bertz CT molecular complexity index is 1550. The second-order valence-corrected chi connectivity index (χ2v) is 9.21. The van der Waals surface area contributed by atoms with Crippen molar-refractivity contribution >= 4 is 11.6 Å². The average molecular weight is 543 g/mol. The van der Waals surface area contributed by atoms with Crippen LogP contribution < -0.4 is 14.8 Å². The number of ether oxygens (including phenoxy) is 2. The molecule has 39 heavy (non-hydrogen) atoms. The van der Waals surface area contributed by atoms with Crippen LogP contribution in [-0.2, 0) is 6.18 Å². The standard InChI is InChI=1S/C28H26F4N4O3/c1-16-13-17(7-10-20(16)29)26-25(34-23-5-4-6-24(38-3)36(23)26)27(37)35(12-11-33-2)21-15-39-22-14-18(28(30,31)32)8-9-19(21)22/h4-10,13-14,21,33H,11-12,15H2,1-3H3. The van der Waals surface area contributed by atoms with Gasteiger partial charge in [0.15, 0.2) is 11.6 Å². The molecule has 11 heteroatoms. The summed E-state index contributed by atoms with van der Waals surface area (Å²) < 4.78 is 66.9. The maximum atomic E-state index is 14.3. The van der Waals surface area contributed by atoms with E-state index in [1.807, 2.05) is 0 Å². The van der Waals surface area contributed by atoms with E-state index in [1.165, 1.54) is 19.2 Å². The van der Waals surface area contributed by atoms with Crippen molar-refractivity contribution in [2.24, 2.45) is 0 Å². The summed E-state index contributed by atoms with van der Waals surface area (Å²) in [6.45, 7) is 2.27. The first-order valence-corrected chi connectivity index (χ1v) is 12.3. The average Bonchev–Trinajstić information content (AvgIpc) is 3.51. The van der Waals surface area contributed by atoms with Crippen LogP contribution in [0.25, 0.3) is 16.9 Å². The van der Waals surface area contributed by atoms with E-state index >= 15 is 0 Å². The fraction of sp³-hybridized carbons (Fsp3) is 0.286. The predicted molar refractivity (Wildman–Crippen MR) is 137 cm³/mol. The highest BCUT2D eigenvalue weighted by Gasteiger charge is 2.38. The minimum Gasteiger partial charge on any atom is -0.491 e. The van der Waals surface area contributed by atoms with Gasteiger partial charge in [0, 0.05) is 24.2 Å². The van der Waals surface area contributed by atoms with Crippen molar-refractivity contribution in [3.05, 3.63) is 82.8 Å².